The van der Waals surface area contributed by atoms with E-state index in [1.54, 1.807) is 0 Å². The van der Waals surface area contributed by atoms with Gasteiger partial charge in [0.2, 0.25) is 5.91 Å². The Morgan fingerprint density at radius 1 is 0.852 bits per heavy atom. The Morgan fingerprint density at radius 2 is 1.56 bits per heavy atom. The van der Waals surface area contributed by atoms with Crippen LogP contribution in [-0.4, -0.2) is 5.91 Å². The Bertz CT molecular complexity index is 999. The molecule has 1 spiro atoms. The second kappa shape index (κ2) is 6.49. The van der Waals surface area contributed by atoms with E-state index in [1.807, 2.05) is 0 Å². The number of rotatable bonds is 2. The van der Waals surface area contributed by atoms with Crippen LogP contribution in [0.4, 0.5) is 5.69 Å². The predicted molar refractivity (Wildman–Crippen MR) is 114 cm³/mol. The van der Waals surface area contributed by atoms with Crippen LogP contribution in [0, 0.1) is 5.41 Å². The molecule has 1 aliphatic heterocycles. The van der Waals surface area contributed by atoms with E-state index in [4.69, 9.17) is 0 Å². The van der Waals surface area contributed by atoms with Crippen molar-refractivity contribution in [3.63, 3.8) is 0 Å². The van der Waals surface area contributed by atoms with Crippen LogP contribution in [0.3, 0.4) is 0 Å². The molecule has 0 radical (unpaired) electrons. The minimum absolute atomic E-state index is 0.129. The third kappa shape index (κ3) is 2.55. The number of amides is 1. The Labute approximate surface area is 168 Å². The lowest BCUT2D eigenvalue weighted by atomic mass is 9.60. The zero-order chi connectivity index (χ0) is 18.4. The molecule has 1 saturated heterocycles. The second-order valence-corrected chi connectivity index (χ2v) is 8.76. The number of anilines is 1. The molecule has 3 aromatic rings. The van der Waals surface area contributed by atoms with Gasteiger partial charge in [0, 0.05) is 9.86 Å². The molecule has 2 aliphatic rings. The molecule has 0 aromatic heterocycles. The highest BCUT2D eigenvalue weighted by molar-refractivity contribution is 9.10. The highest BCUT2D eigenvalue weighted by atomic mass is 79.9. The number of hydrogen-bond donors (Lipinski definition) is 0. The van der Waals surface area contributed by atoms with Gasteiger partial charge in [0.25, 0.3) is 0 Å². The summed E-state index contributed by atoms with van der Waals surface area (Å²) in [5.74, 6) is 0.312. The summed E-state index contributed by atoms with van der Waals surface area (Å²) in [5.41, 5.74) is 2.07. The molecular formula is C24H22BrNO. The molecule has 0 N–H and O–H groups in total. The first-order valence-electron chi connectivity index (χ1n) is 9.78. The van der Waals surface area contributed by atoms with E-state index < -0.39 is 0 Å². The maximum absolute atomic E-state index is 13.6. The summed E-state index contributed by atoms with van der Waals surface area (Å²) in [7, 11) is 0. The van der Waals surface area contributed by atoms with Gasteiger partial charge < -0.3 is 4.90 Å². The van der Waals surface area contributed by atoms with Gasteiger partial charge in [-0.15, -0.1) is 0 Å². The molecule has 1 aliphatic carbocycles. The Kier molecular flexibility index (Phi) is 4.08. The number of carbonyl (C=O) groups excluding carboxylic acids is 1. The number of β-lactam (4-membered cyclic amide) rings is 1. The molecule has 27 heavy (non-hydrogen) atoms. The molecule has 3 heteroatoms. The van der Waals surface area contributed by atoms with Crippen LogP contribution >= 0.6 is 15.9 Å². The van der Waals surface area contributed by atoms with Crippen LogP contribution in [0.5, 0.6) is 0 Å². The highest BCUT2D eigenvalue weighted by Crippen LogP contribution is 2.59. The van der Waals surface area contributed by atoms with Crippen molar-refractivity contribution in [2.24, 2.45) is 5.41 Å². The normalized spacial score (nSPS) is 21.4. The fraction of sp³-hybridized carbons (Fsp3) is 0.292. The topological polar surface area (TPSA) is 20.3 Å². The largest absolute Gasteiger partial charge is 0.303 e. The number of fused-ring (bicyclic) bond motifs is 1. The molecule has 0 bridgehead atoms. The second-order valence-electron chi connectivity index (χ2n) is 7.84. The average molecular weight is 420 g/mol. The zero-order valence-electron chi connectivity index (χ0n) is 15.2. The lowest BCUT2D eigenvalue weighted by molar-refractivity contribution is -0.143. The summed E-state index contributed by atoms with van der Waals surface area (Å²) in [6, 6.07) is 23.3. The monoisotopic (exact) mass is 419 g/mol. The Hall–Kier alpha value is -2.13. The highest BCUT2D eigenvalue weighted by Gasteiger charge is 2.61. The number of hydrogen-bond acceptors (Lipinski definition) is 1. The summed E-state index contributed by atoms with van der Waals surface area (Å²) >= 11 is 3.55. The van der Waals surface area contributed by atoms with Crippen LogP contribution in [0.1, 0.15) is 43.7 Å². The summed E-state index contributed by atoms with van der Waals surface area (Å²) in [4.78, 5) is 15.6. The maximum Gasteiger partial charge on any atom is 0.236 e. The Morgan fingerprint density at radius 3 is 2.33 bits per heavy atom. The van der Waals surface area contributed by atoms with Gasteiger partial charge >= 0.3 is 0 Å². The first-order chi connectivity index (χ1) is 13.2. The van der Waals surface area contributed by atoms with Gasteiger partial charge in [-0.05, 0) is 42.0 Å². The fourth-order valence-electron chi connectivity index (χ4n) is 5.11. The van der Waals surface area contributed by atoms with Gasteiger partial charge in [0.05, 0.1) is 17.1 Å². The molecule has 1 heterocycles. The molecule has 2 fully saturated rings. The summed E-state index contributed by atoms with van der Waals surface area (Å²) in [6.07, 6.45) is 5.57. The van der Waals surface area contributed by atoms with Gasteiger partial charge in [-0.1, -0.05) is 83.7 Å². The quantitative estimate of drug-likeness (QED) is 0.426. The van der Waals surface area contributed by atoms with E-state index >= 15 is 0 Å². The van der Waals surface area contributed by atoms with Gasteiger partial charge in [-0.2, -0.15) is 0 Å². The molecule has 1 saturated carbocycles. The third-order valence-corrected chi connectivity index (χ3v) is 6.91. The molecule has 5 rings (SSSR count). The van der Waals surface area contributed by atoms with Crippen molar-refractivity contribution in [1.82, 2.24) is 0 Å². The average Bonchev–Trinajstić information content (AvgIpc) is 2.73. The lowest BCUT2D eigenvalue weighted by Crippen LogP contribution is -2.64. The third-order valence-electron chi connectivity index (χ3n) is 6.38. The molecule has 1 unspecified atom stereocenters. The smallest absolute Gasteiger partial charge is 0.236 e. The minimum Gasteiger partial charge on any atom is -0.303 e. The zero-order valence-corrected chi connectivity index (χ0v) is 16.8. The van der Waals surface area contributed by atoms with Crippen molar-refractivity contribution < 1.29 is 4.79 Å². The minimum atomic E-state index is -0.219. The fourth-order valence-corrected chi connectivity index (χ4v) is 5.37. The van der Waals surface area contributed by atoms with Crippen LogP contribution < -0.4 is 4.90 Å². The molecule has 1 atom stereocenters. The van der Waals surface area contributed by atoms with Crippen molar-refractivity contribution >= 4 is 38.3 Å². The molecular weight excluding hydrogens is 398 g/mol. The Balaban J connectivity index is 1.66. The van der Waals surface area contributed by atoms with E-state index in [0.29, 0.717) is 5.91 Å². The van der Waals surface area contributed by atoms with Gasteiger partial charge in [-0.3, -0.25) is 4.79 Å². The van der Waals surface area contributed by atoms with E-state index in [-0.39, 0.29) is 11.5 Å². The van der Waals surface area contributed by atoms with Crippen molar-refractivity contribution in [1.29, 1.82) is 0 Å². The maximum atomic E-state index is 13.6. The number of halogens is 1. The van der Waals surface area contributed by atoms with Gasteiger partial charge in [0.1, 0.15) is 0 Å². The number of benzene rings is 3. The van der Waals surface area contributed by atoms with E-state index in [0.717, 1.165) is 41.2 Å². The van der Waals surface area contributed by atoms with Gasteiger partial charge in [0.15, 0.2) is 0 Å². The van der Waals surface area contributed by atoms with Crippen molar-refractivity contribution in [2.45, 2.75) is 38.1 Å². The molecule has 2 nitrogen and oxygen atoms in total. The van der Waals surface area contributed by atoms with Crippen LogP contribution in [0.2, 0.25) is 0 Å². The predicted octanol–water partition coefficient (Wildman–Crippen LogP) is 6.64. The van der Waals surface area contributed by atoms with E-state index in [9.17, 15) is 4.79 Å². The van der Waals surface area contributed by atoms with Crippen LogP contribution in [-0.2, 0) is 4.79 Å². The van der Waals surface area contributed by atoms with Crippen molar-refractivity contribution in [3.05, 3.63) is 76.8 Å². The SMILES string of the molecule is O=C1N(c2cccc3ccccc23)C(c2ccc(Br)cc2)C12CCCCC2. The first-order valence-corrected chi connectivity index (χ1v) is 10.6. The summed E-state index contributed by atoms with van der Waals surface area (Å²) < 4.78 is 1.08. The van der Waals surface area contributed by atoms with Gasteiger partial charge in [-0.25, -0.2) is 0 Å². The van der Waals surface area contributed by atoms with Crippen LogP contribution in [0.25, 0.3) is 10.8 Å². The number of nitrogens with zero attached hydrogens (tertiary/aromatic N) is 1. The van der Waals surface area contributed by atoms with Crippen LogP contribution in [0.15, 0.2) is 71.2 Å². The van der Waals surface area contributed by atoms with Crippen molar-refractivity contribution in [2.75, 3.05) is 4.90 Å². The number of carbonyl (C=O) groups is 1. The standard InChI is InChI=1S/C24H22BrNO/c25-19-13-11-18(12-14-19)22-24(15-4-1-5-16-24)23(27)26(22)21-10-6-8-17-7-2-3-9-20(17)21/h2-3,6-14,22H,1,4-5,15-16H2. The summed E-state index contributed by atoms with van der Waals surface area (Å²) in [5, 5.41) is 2.34. The summed E-state index contributed by atoms with van der Waals surface area (Å²) in [6.45, 7) is 0. The van der Waals surface area contributed by atoms with E-state index in [1.165, 1.54) is 17.4 Å². The van der Waals surface area contributed by atoms with E-state index in [2.05, 4.69) is 87.6 Å². The first kappa shape index (κ1) is 17.0. The molecule has 136 valence electrons. The lowest BCUT2D eigenvalue weighted by Gasteiger charge is -2.58. The molecule has 1 amide bonds. The van der Waals surface area contributed by atoms with Crippen molar-refractivity contribution in [3.8, 4) is 0 Å². The molecule has 3 aromatic carbocycles.